The fraction of sp³-hybridized carbons (Fsp3) is 0.333. The van der Waals surface area contributed by atoms with Crippen molar-refractivity contribution in [1.82, 2.24) is 10.3 Å². The van der Waals surface area contributed by atoms with E-state index >= 15 is 0 Å². The Balaban J connectivity index is 0.000000845. The topological polar surface area (TPSA) is 48.7 Å². The van der Waals surface area contributed by atoms with E-state index in [2.05, 4.69) is 16.4 Å². The summed E-state index contributed by atoms with van der Waals surface area (Å²) in [6.45, 7) is 1.60. The predicted octanol–water partition coefficient (Wildman–Crippen LogP) is 1.21. The van der Waals surface area contributed by atoms with Crippen molar-refractivity contribution in [1.29, 1.82) is 5.26 Å². The van der Waals surface area contributed by atoms with Gasteiger partial charge in [0, 0.05) is 25.5 Å². The molecule has 2 heterocycles. The van der Waals surface area contributed by atoms with Crippen molar-refractivity contribution in [2.75, 3.05) is 6.54 Å². The molecule has 3 nitrogen and oxygen atoms in total. The number of nitrogens with one attached hydrogen (secondary N) is 1. The van der Waals surface area contributed by atoms with Gasteiger partial charge in [0.2, 0.25) is 0 Å². The lowest BCUT2D eigenvalue weighted by Crippen LogP contribution is -2.27. The van der Waals surface area contributed by atoms with Gasteiger partial charge >= 0.3 is 0 Å². The molecule has 0 saturated carbocycles. The molecule has 1 aromatic rings. The molecule has 1 aromatic heterocycles. The molecule has 1 atom stereocenters. The number of hydrogen-bond acceptors (Lipinski definition) is 3. The molecule has 13 heavy (non-hydrogen) atoms. The monoisotopic (exact) mass is 195 g/mol. The van der Waals surface area contributed by atoms with Gasteiger partial charge in [-0.1, -0.05) is 0 Å². The lowest BCUT2D eigenvalue weighted by molar-refractivity contribution is 0.604. The smallest absolute Gasteiger partial charge is 0.0855 e. The first kappa shape index (κ1) is 9.97. The average Bonchev–Trinajstić information content (AvgIpc) is 2.17. The van der Waals surface area contributed by atoms with Gasteiger partial charge < -0.3 is 5.32 Å². The highest BCUT2D eigenvalue weighted by atomic mass is 35.5. The van der Waals surface area contributed by atoms with E-state index in [9.17, 15) is 0 Å². The Labute approximate surface area is 83.2 Å². The van der Waals surface area contributed by atoms with Crippen molar-refractivity contribution in [3.05, 3.63) is 29.6 Å². The van der Waals surface area contributed by atoms with Crippen molar-refractivity contribution in [2.45, 2.75) is 12.5 Å². The lowest BCUT2D eigenvalue weighted by Gasteiger charge is -2.20. The van der Waals surface area contributed by atoms with Crippen LogP contribution in [0, 0.1) is 11.3 Å². The highest BCUT2D eigenvalue weighted by molar-refractivity contribution is 5.85. The van der Waals surface area contributed by atoms with E-state index in [4.69, 9.17) is 5.26 Å². The Morgan fingerprint density at radius 3 is 3.23 bits per heavy atom. The SMILES string of the molecule is Cl.N#CC1CNCc2ccncc21. The molecule has 0 fully saturated rings. The summed E-state index contributed by atoms with van der Waals surface area (Å²) in [5, 5.41) is 12.0. The molecule has 4 heteroatoms. The van der Waals surface area contributed by atoms with E-state index in [0.29, 0.717) is 0 Å². The summed E-state index contributed by atoms with van der Waals surface area (Å²) in [5.41, 5.74) is 2.28. The number of rotatable bonds is 0. The highest BCUT2D eigenvalue weighted by Crippen LogP contribution is 2.21. The van der Waals surface area contributed by atoms with Gasteiger partial charge in [0.1, 0.15) is 0 Å². The largest absolute Gasteiger partial charge is 0.311 e. The fourth-order valence-corrected chi connectivity index (χ4v) is 1.49. The van der Waals surface area contributed by atoms with Crippen LogP contribution in [-0.2, 0) is 6.54 Å². The van der Waals surface area contributed by atoms with Crippen LogP contribution in [0.2, 0.25) is 0 Å². The van der Waals surface area contributed by atoms with Crippen molar-refractivity contribution < 1.29 is 0 Å². The maximum atomic E-state index is 8.82. The van der Waals surface area contributed by atoms with Crippen LogP contribution in [0.1, 0.15) is 17.0 Å². The number of nitriles is 1. The van der Waals surface area contributed by atoms with Crippen molar-refractivity contribution >= 4 is 12.4 Å². The van der Waals surface area contributed by atoms with Gasteiger partial charge in [0.15, 0.2) is 0 Å². The van der Waals surface area contributed by atoms with Crippen LogP contribution in [0.15, 0.2) is 18.5 Å². The third-order valence-corrected chi connectivity index (χ3v) is 2.14. The second-order valence-corrected chi connectivity index (χ2v) is 2.89. The number of pyridine rings is 1. The van der Waals surface area contributed by atoms with Crippen molar-refractivity contribution in [3.63, 3.8) is 0 Å². The summed E-state index contributed by atoms with van der Waals surface area (Å²) >= 11 is 0. The molecule has 1 unspecified atom stereocenters. The summed E-state index contributed by atoms with van der Waals surface area (Å²) in [4.78, 5) is 4.02. The third-order valence-electron chi connectivity index (χ3n) is 2.14. The molecule has 68 valence electrons. The minimum Gasteiger partial charge on any atom is -0.311 e. The van der Waals surface area contributed by atoms with Gasteiger partial charge in [-0.05, 0) is 17.2 Å². The van der Waals surface area contributed by atoms with Gasteiger partial charge in [0.05, 0.1) is 12.0 Å². The van der Waals surface area contributed by atoms with Crippen LogP contribution in [0.25, 0.3) is 0 Å². The van der Waals surface area contributed by atoms with Crippen LogP contribution >= 0.6 is 12.4 Å². The summed E-state index contributed by atoms with van der Waals surface area (Å²) in [6.07, 6.45) is 3.56. The summed E-state index contributed by atoms with van der Waals surface area (Å²) < 4.78 is 0. The molecule has 0 saturated heterocycles. The van der Waals surface area contributed by atoms with Crippen LogP contribution in [-0.4, -0.2) is 11.5 Å². The quantitative estimate of drug-likeness (QED) is 0.677. The lowest BCUT2D eigenvalue weighted by atomic mass is 9.94. The zero-order valence-corrected chi connectivity index (χ0v) is 7.84. The first-order chi connectivity index (χ1) is 5.92. The van der Waals surface area contributed by atoms with Gasteiger partial charge in [-0.3, -0.25) is 4.98 Å². The molecule has 1 N–H and O–H groups in total. The van der Waals surface area contributed by atoms with Gasteiger partial charge in [-0.25, -0.2) is 0 Å². The Morgan fingerprint density at radius 2 is 2.46 bits per heavy atom. The maximum Gasteiger partial charge on any atom is 0.0855 e. The third kappa shape index (κ3) is 1.80. The zero-order chi connectivity index (χ0) is 8.39. The van der Waals surface area contributed by atoms with Gasteiger partial charge in [-0.2, -0.15) is 5.26 Å². The van der Waals surface area contributed by atoms with E-state index < -0.39 is 0 Å². The Kier molecular flexibility index (Phi) is 3.24. The molecular weight excluding hydrogens is 186 g/mol. The van der Waals surface area contributed by atoms with E-state index in [0.717, 1.165) is 18.7 Å². The minimum atomic E-state index is -0.0255. The molecule has 0 amide bonds. The number of hydrogen-bond donors (Lipinski definition) is 1. The van der Waals surface area contributed by atoms with Crippen molar-refractivity contribution in [3.8, 4) is 6.07 Å². The number of aromatic nitrogens is 1. The zero-order valence-electron chi connectivity index (χ0n) is 7.03. The molecule has 1 aliphatic rings. The van der Waals surface area contributed by atoms with Crippen molar-refractivity contribution in [2.24, 2.45) is 0 Å². The first-order valence-electron chi connectivity index (χ1n) is 3.95. The minimum absolute atomic E-state index is 0. The molecule has 0 aliphatic carbocycles. The Morgan fingerprint density at radius 1 is 1.62 bits per heavy atom. The summed E-state index contributed by atoms with van der Waals surface area (Å²) in [5.74, 6) is -0.0255. The molecule has 0 spiro atoms. The van der Waals surface area contributed by atoms with E-state index in [-0.39, 0.29) is 18.3 Å². The average molecular weight is 196 g/mol. The highest BCUT2D eigenvalue weighted by Gasteiger charge is 2.18. The van der Waals surface area contributed by atoms with Crippen LogP contribution in [0.5, 0.6) is 0 Å². The Hall–Kier alpha value is -1.11. The molecule has 0 aromatic carbocycles. The normalized spacial score (nSPS) is 19.5. The number of halogens is 1. The molecule has 2 rings (SSSR count). The van der Waals surface area contributed by atoms with E-state index in [1.807, 2.05) is 6.07 Å². The summed E-state index contributed by atoms with van der Waals surface area (Å²) in [6, 6.07) is 4.22. The second-order valence-electron chi connectivity index (χ2n) is 2.89. The van der Waals surface area contributed by atoms with Gasteiger partial charge in [0.25, 0.3) is 0 Å². The second kappa shape index (κ2) is 4.22. The molecule has 1 aliphatic heterocycles. The number of fused-ring (bicyclic) bond motifs is 1. The maximum absolute atomic E-state index is 8.82. The van der Waals surface area contributed by atoms with Crippen LogP contribution in [0.3, 0.4) is 0 Å². The van der Waals surface area contributed by atoms with Crippen LogP contribution in [0.4, 0.5) is 0 Å². The predicted molar refractivity (Wildman–Crippen MR) is 51.5 cm³/mol. The number of nitrogens with zero attached hydrogens (tertiary/aromatic N) is 2. The molecule has 0 radical (unpaired) electrons. The molecular formula is C9H10ClN3. The first-order valence-corrected chi connectivity index (χ1v) is 3.95. The van der Waals surface area contributed by atoms with E-state index in [1.54, 1.807) is 12.4 Å². The fourth-order valence-electron chi connectivity index (χ4n) is 1.49. The van der Waals surface area contributed by atoms with Gasteiger partial charge in [-0.15, -0.1) is 12.4 Å². The Bertz CT molecular complexity index is 332. The molecule has 0 bridgehead atoms. The standard InChI is InChI=1S/C9H9N3.ClH/c10-3-8-5-12-4-7-1-2-11-6-9(7)8;/h1-2,6,8,12H,4-5H2;1H. The summed E-state index contributed by atoms with van der Waals surface area (Å²) in [7, 11) is 0. The van der Waals surface area contributed by atoms with E-state index in [1.165, 1.54) is 5.56 Å². The van der Waals surface area contributed by atoms with Crippen LogP contribution < -0.4 is 5.32 Å².